The Kier molecular flexibility index (Phi) is 8.11. The molecule has 1 atom stereocenters. The molecule has 1 unspecified atom stereocenters. The molecule has 0 fully saturated rings. The van der Waals surface area contributed by atoms with Gasteiger partial charge < -0.3 is 9.47 Å². The number of carbonyl (C=O) groups excluding carboxylic acids is 2. The number of esters is 2. The summed E-state index contributed by atoms with van der Waals surface area (Å²) < 4.78 is 9.93. The maximum atomic E-state index is 11.5. The highest BCUT2D eigenvalue weighted by atomic mass is 16.6. The topological polar surface area (TPSA) is 52.6 Å². The second kappa shape index (κ2) is 8.79. The van der Waals surface area contributed by atoms with Crippen molar-refractivity contribution in [1.82, 2.24) is 0 Å². The van der Waals surface area contributed by atoms with Crippen LogP contribution in [0.25, 0.3) is 0 Å². The second-order valence-electron chi connectivity index (χ2n) is 3.84. The molecule has 0 rings (SSSR count). The van der Waals surface area contributed by atoms with E-state index in [0.29, 0.717) is 13.0 Å². The van der Waals surface area contributed by atoms with Crippen LogP contribution in [-0.4, -0.2) is 24.6 Å². The van der Waals surface area contributed by atoms with Gasteiger partial charge in [0.2, 0.25) is 0 Å². The van der Waals surface area contributed by atoms with Gasteiger partial charge in [0.1, 0.15) is 6.10 Å². The predicted octanol–water partition coefficient (Wildman–Crippen LogP) is 2.62. The SMILES string of the molecule is C=C(C(=O)OCC)C(CCCCC)OC(C)=O. The van der Waals surface area contributed by atoms with E-state index in [1.165, 1.54) is 6.92 Å². The summed E-state index contributed by atoms with van der Waals surface area (Å²) in [5.74, 6) is -0.896. The number of carbonyl (C=O) groups is 2. The fraction of sp³-hybridized carbons (Fsp3) is 0.692. The van der Waals surface area contributed by atoms with Gasteiger partial charge in [-0.2, -0.15) is 0 Å². The van der Waals surface area contributed by atoms with Gasteiger partial charge in [-0.15, -0.1) is 0 Å². The number of rotatable bonds is 8. The molecule has 0 spiro atoms. The summed E-state index contributed by atoms with van der Waals surface area (Å²) in [5, 5.41) is 0. The Balaban J connectivity index is 4.38. The Morgan fingerprint density at radius 3 is 2.35 bits per heavy atom. The Morgan fingerprint density at radius 1 is 1.24 bits per heavy atom. The van der Waals surface area contributed by atoms with E-state index in [2.05, 4.69) is 13.5 Å². The van der Waals surface area contributed by atoms with Gasteiger partial charge in [0.05, 0.1) is 12.2 Å². The molecular weight excluding hydrogens is 220 g/mol. The lowest BCUT2D eigenvalue weighted by atomic mass is 10.0. The lowest BCUT2D eigenvalue weighted by Gasteiger charge is -2.18. The molecular formula is C13H22O4. The molecule has 0 radical (unpaired) electrons. The minimum Gasteiger partial charge on any atom is -0.463 e. The van der Waals surface area contributed by atoms with Gasteiger partial charge in [-0.25, -0.2) is 4.79 Å². The van der Waals surface area contributed by atoms with Crippen LogP contribution in [0.2, 0.25) is 0 Å². The third kappa shape index (κ3) is 6.76. The van der Waals surface area contributed by atoms with Crippen LogP contribution in [0.4, 0.5) is 0 Å². The van der Waals surface area contributed by atoms with Gasteiger partial charge in [-0.3, -0.25) is 4.79 Å². The maximum absolute atomic E-state index is 11.5. The van der Waals surface area contributed by atoms with Crippen molar-refractivity contribution in [3.8, 4) is 0 Å². The molecule has 0 saturated carbocycles. The molecule has 98 valence electrons. The van der Waals surface area contributed by atoms with Crippen LogP contribution >= 0.6 is 0 Å². The molecule has 0 amide bonds. The smallest absolute Gasteiger partial charge is 0.337 e. The highest BCUT2D eigenvalue weighted by molar-refractivity contribution is 5.89. The molecule has 0 aliphatic carbocycles. The lowest BCUT2D eigenvalue weighted by molar-refractivity contribution is -0.147. The highest BCUT2D eigenvalue weighted by Crippen LogP contribution is 2.15. The van der Waals surface area contributed by atoms with Crippen molar-refractivity contribution in [2.75, 3.05) is 6.61 Å². The lowest BCUT2D eigenvalue weighted by Crippen LogP contribution is -2.24. The third-order valence-electron chi connectivity index (χ3n) is 2.30. The summed E-state index contributed by atoms with van der Waals surface area (Å²) in [5.41, 5.74) is 0.221. The Bertz CT molecular complexity index is 271. The van der Waals surface area contributed by atoms with E-state index in [-0.39, 0.29) is 5.57 Å². The highest BCUT2D eigenvalue weighted by Gasteiger charge is 2.22. The van der Waals surface area contributed by atoms with Crippen molar-refractivity contribution >= 4 is 11.9 Å². The van der Waals surface area contributed by atoms with Crippen LogP contribution in [0, 0.1) is 0 Å². The van der Waals surface area contributed by atoms with E-state index in [1.807, 2.05) is 0 Å². The predicted molar refractivity (Wildman–Crippen MR) is 65.5 cm³/mol. The summed E-state index contributed by atoms with van der Waals surface area (Å²) in [4.78, 5) is 22.4. The molecule has 4 nitrogen and oxygen atoms in total. The average molecular weight is 242 g/mol. The molecule has 0 aromatic heterocycles. The zero-order valence-corrected chi connectivity index (χ0v) is 11.0. The van der Waals surface area contributed by atoms with Crippen LogP contribution in [0.15, 0.2) is 12.2 Å². The van der Waals surface area contributed by atoms with Crippen LogP contribution in [0.3, 0.4) is 0 Å². The summed E-state index contributed by atoms with van der Waals surface area (Å²) >= 11 is 0. The van der Waals surface area contributed by atoms with Gasteiger partial charge in [0, 0.05) is 6.92 Å². The van der Waals surface area contributed by atoms with Gasteiger partial charge in [0.15, 0.2) is 0 Å². The first-order chi connectivity index (χ1) is 8.02. The summed E-state index contributed by atoms with van der Waals surface area (Å²) in [7, 11) is 0. The molecule has 0 saturated heterocycles. The van der Waals surface area contributed by atoms with E-state index < -0.39 is 18.0 Å². The Morgan fingerprint density at radius 2 is 1.88 bits per heavy atom. The normalized spacial score (nSPS) is 11.7. The van der Waals surface area contributed by atoms with Crippen molar-refractivity contribution in [2.45, 2.75) is 52.6 Å². The quantitative estimate of drug-likeness (QED) is 0.373. The fourth-order valence-electron chi connectivity index (χ4n) is 1.44. The first-order valence-corrected chi connectivity index (χ1v) is 6.06. The maximum Gasteiger partial charge on any atom is 0.337 e. The van der Waals surface area contributed by atoms with E-state index in [4.69, 9.17) is 9.47 Å². The van der Waals surface area contributed by atoms with Crippen LogP contribution in [-0.2, 0) is 19.1 Å². The van der Waals surface area contributed by atoms with Crippen molar-refractivity contribution in [1.29, 1.82) is 0 Å². The van der Waals surface area contributed by atoms with Crippen molar-refractivity contribution in [3.63, 3.8) is 0 Å². The molecule has 0 aromatic rings. The molecule has 0 aromatic carbocycles. The minimum absolute atomic E-state index is 0.221. The standard InChI is InChI=1S/C13H22O4/c1-5-7-8-9-12(17-11(4)14)10(3)13(15)16-6-2/h12H,3,5-9H2,1-2,4H3. The molecule has 0 bridgehead atoms. The average Bonchev–Trinajstić information content (AvgIpc) is 2.27. The zero-order chi connectivity index (χ0) is 13.3. The van der Waals surface area contributed by atoms with Gasteiger partial charge in [-0.1, -0.05) is 26.3 Å². The van der Waals surface area contributed by atoms with Crippen molar-refractivity contribution in [3.05, 3.63) is 12.2 Å². The van der Waals surface area contributed by atoms with Gasteiger partial charge in [0.25, 0.3) is 0 Å². The van der Waals surface area contributed by atoms with Crippen LogP contribution in [0.5, 0.6) is 0 Å². The van der Waals surface area contributed by atoms with Crippen LogP contribution in [0.1, 0.15) is 46.5 Å². The zero-order valence-electron chi connectivity index (χ0n) is 11.0. The fourth-order valence-corrected chi connectivity index (χ4v) is 1.44. The molecule has 0 N–H and O–H groups in total. The Labute approximate surface area is 103 Å². The molecule has 4 heteroatoms. The van der Waals surface area contributed by atoms with Crippen molar-refractivity contribution in [2.24, 2.45) is 0 Å². The molecule has 17 heavy (non-hydrogen) atoms. The molecule has 0 aliphatic rings. The summed E-state index contributed by atoms with van der Waals surface area (Å²) in [6.45, 7) is 9.08. The number of hydrogen-bond acceptors (Lipinski definition) is 4. The first-order valence-electron chi connectivity index (χ1n) is 6.06. The summed E-state index contributed by atoms with van der Waals surface area (Å²) in [6.07, 6.45) is 3.06. The molecule has 0 heterocycles. The second-order valence-corrected chi connectivity index (χ2v) is 3.84. The largest absolute Gasteiger partial charge is 0.463 e. The van der Waals surface area contributed by atoms with E-state index in [0.717, 1.165) is 19.3 Å². The van der Waals surface area contributed by atoms with Gasteiger partial charge in [-0.05, 0) is 19.8 Å². The number of unbranched alkanes of at least 4 members (excludes halogenated alkanes) is 2. The number of ether oxygens (including phenoxy) is 2. The van der Waals surface area contributed by atoms with Crippen LogP contribution < -0.4 is 0 Å². The number of hydrogen-bond donors (Lipinski definition) is 0. The van der Waals surface area contributed by atoms with E-state index in [1.54, 1.807) is 6.92 Å². The van der Waals surface area contributed by atoms with Gasteiger partial charge >= 0.3 is 11.9 Å². The van der Waals surface area contributed by atoms with Crippen molar-refractivity contribution < 1.29 is 19.1 Å². The summed E-state index contributed by atoms with van der Waals surface area (Å²) in [6, 6.07) is 0. The van der Waals surface area contributed by atoms with E-state index >= 15 is 0 Å². The monoisotopic (exact) mass is 242 g/mol. The molecule has 0 aliphatic heterocycles. The van der Waals surface area contributed by atoms with E-state index in [9.17, 15) is 9.59 Å². The first kappa shape index (κ1) is 15.7. The Hall–Kier alpha value is -1.32. The third-order valence-corrected chi connectivity index (χ3v) is 2.30. The minimum atomic E-state index is -0.557.